The van der Waals surface area contributed by atoms with Gasteiger partial charge in [0.15, 0.2) is 6.29 Å². The van der Waals surface area contributed by atoms with Gasteiger partial charge in [-0.1, -0.05) is 66.7 Å². The Balaban J connectivity index is 1.90. The second-order valence-corrected chi connectivity index (χ2v) is 7.69. The van der Waals surface area contributed by atoms with E-state index < -0.39 is 0 Å². The molecule has 4 heteroatoms. The Hall–Kier alpha value is -4.49. The van der Waals surface area contributed by atoms with Crippen LogP contribution in [0.5, 0.6) is 0 Å². The highest BCUT2D eigenvalue weighted by Gasteiger charge is 2.16. The summed E-state index contributed by atoms with van der Waals surface area (Å²) in [4.78, 5) is 25.0. The number of carbonyl (C=O) groups is 1. The van der Waals surface area contributed by atoms with Crippen LogP contribution in [0.25, 0.3) is 43.9 Å². The van der Waals surface area contributed by atoms with Crippen molar-refractivity contribution in [1.29, 1.82) is 5.26 Å². The lowest BCUT2D eigenvalue weighted by Crippen LogP contribution is -2.18. The smallest absolute Gasteiger partial charge is 0.258 e. The number of rotatable bonds is 3. The summed E-state index contributed by atoms with van der Waals surface area (Å²) in [5, 5.41) is 11.9. The molecule has 0 radical (unpaired) electrons. The fourth-order valence-corrected chi connectivity index (χ4v) is 4.42. The molecule has 0 aliphatic heterocycles. The zero-order valence-electron chi connectivity index (χ0n) is 17.4. The van der Waals surface area contributed by atoms with Crippen molar-refractivity contribution in [2.24, 2.45) is 7.05 Å². The molecule has 0 fully saturated rings. The summed E-state index contributed by atoms with van der Waals surface area (Å²) in [6, 6.07) is 28.6. The van der Waals surface area contributed by atoms with E-state index in [2.05, 4.69) is 6.07 Å². The van der Waals surface area contributed by atoms with Crippen molar-refractivity contribution in [3.63, 3.8) is 0 Å². The van der Waals surface area contributed by atoms with Crippen LogP contribution in [0.2, 0.25) is 0 Å². The predicted molar refractivity (Wildman–Crippen MR) is 128 cm³/mol. The highest BCUT2D eigenvalue weighted by atomic mass is 16.1. The van der Waals surface area contributed by atoms with Crippen LogP contribution in [0.1, 0.15) is 15.9 Å². The number of nitriles is 1. The first kappa shape index (κ1) is 19.5. The zero-order chi connectivity index (χ0) is 22.2. The van der Waals surface area contributed by atoms with E-state index in [1.165, 1.54) is 0 Å². The largest absolute Gasteiger partial charge is 0.310 e. The second-order valence-electron chi connectivity index (χ2n) is 7.69. The number of aromatic nitrogens is 1. The first-order valence-corrected chi connectivity index (χ1v) is 10.2. The normalized spacial score (nSPS) is 10.9. The number of benzene rings is 4. The lowest BCUT2D eigenvalue weighted by Gasteiger charge is -2.15. The van der Waals surface area contributed by atoms with Crippen molar-refractivity contribution < 1.29 is 4.79 Å². The van der Waals surface area contributed by atoms with E-state index in [-0.39, 0.29) is 5.56 Å². The molecule has 0 unspecified atom stereocenters. The van der Waals surface area contributed by atoms with Gasteiger partial charge in [0.25, 0.3) is 5.56 Å². The van der Waals surface area contributed by atoms with E-state index in [1.807, 2.05) is 72.8 Å². The van der Waals surface area contributed by atoms with Gasteiger partial charge in [0, 0.05) is 28.9 Å². The number of pyridine rings is 1. The summed E-state index contributed by atoms with van der Waals surface area (Å²) in [6.45, 7) is 0. The number of fused-ring (bicyclic) bond motifs is 3. The van der Waals surface area contributed by atoms with E-state index in [0.717, 1.165) is 44.8 Å². The molecular weight excluding hydrogens is 396 g/mol. The summed E-state index contributed by atoms with van der Waals surface area (Å²) in [6.07, 6.45) is 0.838. The molecule has 0 aliphatic rings. The highest BCUT2D eigenvalue weighted by Crippen LogP contribution is 2.35. The van der Waals surface area contributed by atoms with Crippen LogP contribution < -0.4 is 5.56 Å². The molecule has 0 saturated carbocycles. The minimum Gasteiger partial charge on any atom is -0.310 e. The van der Waals surface area contributed by atoms with Crippen molar-refractivity contribution in [2.45, 2.75) is 0 Å². The Morgan fingerprint density at radius 2 is 1.50 bits per heavy atom. The van der Waals surface area contributed by atoms with Crippen molar-refractivity contribution >= 4 is 28.0 Å². The maximum Gasteiger partial charge on any atom is 0.258 e. The van der Waals surface area contributed by atoms with Crippen molar-refractivity contribution in [3.8, 4) is 28.3 Å². The van der Waals surface area contributed by atoms with Crippen molar-refractivity contribution in [1.82, 2.24) is 4.57 Å². The molecule has 152 valence electrons. The van der Waals surface area contributed by atoms with Crippen LogP contribution in [0.4, 0.5) is 0 Å². The Kier molecular flexibility index (Phi) is 4.65. The Morgan fingerprint density at radius 1 is 0.781 bits per heavy atom. The molecule has 1 aromatic heterocycles. The molecule has 0 saturated heterocycles. The summed E-state index contributed by atoms with van der Waals surface area (Å²) in [5.74, 6) is 0. The fraction of sp³-hybridized carbons (Fsp3) is 0.0357. The third-order valence-electron chi connectivity index (χ3n) is 5.95. The molecule has 0 N–H and O–H groups in total. The molecule has 32 heavy (non-hydrogen) atoms. The Morgan fingerprint density at radius 3 is 2.28 bits per heavy atom. The van der Waals surface area contributed by atoms with Crippen molar-refractivity contribution in [3.05, 3.63) is 106 Å². The average molecular weight is 414 g/mol. The van der Waals surface area contributed by atoms with Crippen LogP contribution in [0.15, 0.2) is 89.7 Å². The minimum atomic E-state index is -0.108. The third kappa shape index (κ3) is 2.91. The predicted octanol–water partition coefficient (Wildman–Crippen LogP) is 5.71. The Bertz CT molecular complexity index is 1640. The quantitative estimate of drug-likeness (QED) is 0.281. The molecule has 4 aromatic carbocycles. The van der Waals surface area contributed by atoms with Gasteiger partial charge in [-0.2, -0.15) is 5.26 Å². The monoisotopic (exact) mass is 414 g/mol. The third-order valence-corrected chi connectivity index (χ3v) is 5.95. The van der Waals surface area contributed by atoms with Gasteiger partial charge >= 0.3 is 0 Å². The van der Waals surface area contributed by atoms with E-state index in [0.29, 0.717) is 16.5 Å². The molecule has 0 bridgehead atoms. The molecule has 0 amide bonds. The lowest BCUT2D eigenvalue weighted by molar-refractivity contribution is 0.112. The van der Waals surface area contributed by atoms with Crippen molar-refractivity contribution in [2.75, 3.05) is 0 Å². The lowest BCUT2D eigenvalue weighted by atomic mass is 9.93. The molecule has 0 aliphatic carbocycles. The van der Waals surface area contributed by atoms with E-state index in [1.54, 1.807) is 23.7 Å². The number of hydrogen-bond donors (Lipinski definition) is 0. The average Bonchev–Trinajstić information content (AvgIpc) is 2.86. The summed E-state index contributed by atoms with van der Waals surface area (Å²) in [5.41, 5.74) is 5.14. The second kappa shape index (κ2) is 7.64. The molecular formula is C28H18N2O2. The van der Waals surface area contributed by atoms with Gasteiger partial charge in [-0.05, 0) is 40.3 Å². The number of carbonyl (C=O) groups excluding carboxylic acids is 1. The fourth-order valence-electron chi connectivity index (χ4n) is 4.42. The standard InChI is InChI=1S/C28H18N2O2/c1-30-27-23(22-10-5-3-8-20(22)17-31)11-6-12-24(27)26-15-18(13-14-25(26)28(30)32)21-9-4-2-7-19(21)16-29/h2-15,17H,1H3. The van der Waals surface area contributed by atoms with E-state index in [9.17, 15) is 14.9 Å². The van der Waals surface area contributed by atoms with Gasteiger partial charge in [-0.15, -0.1) is 0 Å². The van der Waals surface area contributed by atoms with Crippen LogP contribution in [0, 0.1) is 11.3 Å². The first-order chi connectivity index (χ1) is 15.6. The summed E-state index contributed by atoms with van der Waals surface area (Å²) < 4.78 is 1.65. The molecule has 0 atom stereocenters. The number of nitrogens with zero attached hydrogens (tertiary/aromatic N) is 2. The highest BCUT2D eigenvalue weighted by molar-refractivity contribution is 6.12. The minimum absolute atomic E-state index is 0.108. The zero-order valence-corrected chi connectivity index (χ0v) is 17.4. The van der Waals surface area contributed by atoms with Gasteiger partial charge in [0.05, 0.1) is 17.1 Å². The summed E-state index contributed by atoms with van der Waals surface area (Å²) in [7, 11) is 1.76. The maximum atomic E-state index is 13.3. The SMILES string of the molecule is Cn1c(=O)c2ccc(-c3ccccc3C#N)cc2c2cccc(-c3ccccc3C=O)c21. The van der Waals surface area contributed by atoms with E-state index in [4.69, 9.17) is 0 Å². The summed E-state index contributed by atoms with van der Waals surface area (Å²) >= 11 is 0. The first-order valence-electron chi connectivity index (χ1n) is 10.2. The van der Waals surface area contributed by atoms with Crippen LogP contribution >= 0.6 is 0 Å². The Labute approximate surface area is 184 Å². The molecule has 5 rings (SSSR count). The van der Waals surface area contributed by atoms with Crippen LogP contribution in [-0.4, -0.2) is 10.9 Å². The van der Waals surface area contributed by atoms with Gasteiger partial charge in [0.2, 0.25) is 0 Å². The maximum absolute atomic E-state index is 13.3. The number of aldehydes is 1. The number of aryl methyl sites for hydroxylation is 1. The molecule has 4 nitrogen and oxygen atoms in total. The van der Waals surface area contributed by atoms with Gasteiger partial charge < -0.3 is 4.57 Å². The molecule has 1 heterocycles. The molecule has 0 spiro atoms. The topological polar surface area (TPSA) is 62.9 Å². The van der Waals surface area contributed by atoms with Crippen LogP contribution in [0.3, 0.4) is 0 Å². The van der Waals surface area contributed by atoms with Gasteiger partial charge in [-0.3, -0.25) is 9.59 Å². The number of hydrogen-bond acceptors (Lipinski definition) is 3. The van der Waals surface area contributed by atoms with Gasteiger partial charge in [0.1, 0.15) is 0 Å². The van der Waals surface area contributed by atoms with E-state index >= 15 is 0 Å². The van der Waals surface area contributed by atoms with Gasteiger partial charge in [-0.25, -0.2) is 0 Å². The van der Waals surface area contributed by atoms with Crippen LogP contribution in [-0.2, 0) is 7.05 Å². The number of para-hydroxylation sites is 1. The molecule has 5 aromatic rings.